The molecule has 0 aliphatic heterocycles. The third kappa shape index (κ3) is 7.29. The number of allylic oxidation sites excluding steroid dienone is 1. The fourth-order valence-corrected chi connectivity index (χ4v) is 2.47. The minimum atomic E-state index is -1.08. The SMILES string of the molecule is C=CCC(C)c1cc(OCOCC[Si](C)(C)C)cc(=O)o1. The Balaban J connectivity index is 2.52. The second-order valence-corrected chi connectivity index (χ2v) is 12.0. The van der Waals surface area contributed by atoms with Gasteiger partial charge in [-0.25, -0.2) is 4.79 Å². The lowest BCUT2D eigenvalue weighted by molar-refractivity contribution is 0.0215. The highest BCUT2D eigenvalue weighted by molar-refractivity contribution is 6.76. The standard InChI is InChI=1S/C16H26O4Si/c1-6-7-13(2)15-10-14(11-16(17)20-15)19-12-18-8-9-21(3,4)5/h6,10-11,13H,1,7-9,12H2,2-5H3. The van der Waals surface area contributed by atoms with E-state index in [2.05, 4.69) is 26.2 Å². The second-order valence-electron chi connectivity index (χ2n) is 6.42. The zero-order chi connectivity index (χ0) is 15.9. The van der Waals surface area contributed by atoms with Crippen molar-refractivity contribution < 1.29 is 13.9 Å². The quantitative estimate of drug-likeness (QED) is 0.299. The average Bonchev–Trinajstić information content (AvgIpc) is 2.36. The van der Waals surface area contributed by atoms with Gasteiger partial charge >= 0.3 is 5.63 Å². The topological polar surface area (TPSA) is 48.7 Å². The molecule has 0 aliphatic carbocycles. The Kier molecular flexibility index (Phi) is 6.91. The van der Waals surface area contributed by atoms with Crippen LogP contribution in [0.3, 0.4) is 0 Å². The Morgan fingerprint density at radius 3 is 2.71 bits per heavy atom. The first kappa shape index (κ1) is 17.7. The summed E-state index contributed by atoms with van der Waals surface area (Å²) in [6.07, 6.45) is 2.55. The first-order chi connectivity index (χ1) is 9.81. The molecule has 0 bridgehead atoms. The Labute approximate surface area is 127 Å². The molecule has 1 unspecified atom stereocenters. The predicted molar refractivity (Wildman–Crippen MR) is 87.8 cm³/mol. The molecule has 5 heteroatoms. The van der Waals surface area contributed by atoms with Crippen LogP contribution in [0, 0.1) is 0 Å². The maximum atomic E-state index is 11.5. The average molecular weight is 310 g/mol. The van der Waals surface area contributed by atoms with Crippen molar-refractivity contribution in [3.63, 3.8) is 0 Å². The lowest BCUT2D eigenvalue weighted by Gasteiger charge is -2.15. The molecular formula is C16H26O4Si. The van der Waals surface area contributed by atoms with Crippen molar-refractivity contribution in [3.8, 4) is 5.75 Å². The van der Waals surface area contributed by atoms with Crippen LogP contribution in [0.4, 0.5) is 0 Å². The van der Waals surface area contributed by atoms with E-state index in [1.54, 1.807) is 12.1 Å². The van der Waals surface area contributed by atoms with Crippen molar-refractivity contribution in [2.45, 2.75) is 44.9 Å². The van der Waals surface area contributed by atoms with Crippen LogP contribution in [0.5, 0.6) is 5.75 Å². The molecular weight excluding hydrogens is 284 g/mol. The van der Waals surface area contributed by atoms with E-state index in [-0.39, 0.29) is 12.7 Å². The molecule has 1 aromatic rings. The fourth-order valence-electron chi connectivity index (χ4n) is 1.71. The van der Waals surface area contributed by atoms with Gasteiger partial charge in [-0.15, -0.1) is 6.58 Å². The van der Waals surface area contributed by atoms with E-state index in [0.717, 1.165) is 12.5 Å². The highest BCUT2D eigenvalue weighted by Crippen LogP contribution is 2.21. The van der Waals surface area contributed by atoms with Gasteiger partial charge in [-0.2, -0.15) is 0 Å². The van der Waals surface area contributed by atoms with Gasteiger partial charge in [0.15, 0.2) is 6.79 Å². The fraction of sp³-hybridized carbons (Fsp3) is 0.562. The molecule has 0 N–H and O–H groups in total. The van der Waals surface area contributed by atoms with Crippen molar-refractivity contribution in [3.05, 3.63) is 41.0 Å². The first-order valence-corrected chi connectivity index (χ1v) is 11.0. The highest BCUT2D eigenvalue weighted by atomic mass is 28.3. The van der Waals surface area contributed by atoms with E-state index in [1.807, 2.05) is 6.92 Å². The third-order valence-corrected chi connectivity index (χ3v) is 4.78. The first-order valence-electron chi connectivity index (χ1n) is 7.28. The summed E-state index contributed by atoms with van der Waals surface area (Å²) in [4.78, 5) is 11.5. The van der Waals surface area contributed by atoms with Crippen LogP contribution in [0.2, 0.25) is 25.7 Å². The molecule has 1 atom stereocenters. The normalized spacial score (nSPS) is 13.0. The summed E-state index contributed by atoms with van der Waals surface area (Å²) in [5, 5.41) is 0. The number of hydrogen-bond donors (Lipinski definition) is 0. The molecule has 4 nitrogen and oxygen atoms in total. The molecule has 0 amide bonds. The van der Waals surface area contributed by atoms with E-state index < -0.39 is 13.7 Å². The molecule has 0 spiro atoms. The zero-order valence-electron chi connectivity index (χ0n) is 13.5. The van der Waals surface area contributed by atoms with Crippen LogP contribution in [-0.4, -0.2) is 21.5 Å². The number of ether oxygens (including phenoxy) is 2. The largest absolute Gasteiger partial charge is 0.467 e. The van der Waals surface area contributed by atoms with Gasteiger partial charge in [0.2, 0.25) is 0 Å². The molecule has 1 aromatic heterocycles. The molecule has 0 aromatic carbocycles. The van der Waals surface area contributed by atoms with Gasteiger partial charge in [-0.05, 0) is 12.5 Å². The van der Waals surface area contributed by atoms with Gasteiger partial charge in [-0.3, -0.25) is 0 Å². The minimum Gasteiger partial charge on any atom is -0.467 e. The molecule has 1 heterocycles. The summed E-state index contributed by atoms with van der Waals surface area (Å²) >= 11 is 0. The van der Waals surface area contributed by atoms with Crippen molar-refractivity contribution in [2.75, 3.05) is 13.4 Å². The summed E-state index contributed by atoms with van der Waals surface area (Å²) in [6.45, 7) is 13.4. The van der Waals surface area contributed by atoms with Gasteiger partial charge < -0.3 is 13.9 Å². The van der Waals surface area contributed by atoms with Crippen molar-refractivity contribution in [2.24, 2.45) is 0 Å². The van der Waals surface area contributed by atoms with Crippen LogP contribution in [-0.2, 0) is 4.74 Å². The monoisotopic (exact) mass is 310 g/mol. The molecule has 0 saturated carbocycles. The zero-order valence-corrected chi connectivity index (χ0v) is 14.5. The predicted octanol–water partition coefficient (Wildman–Crippen LogP) is 4.01. The Morgan fingerprint density at radius 1 is 1.38 bits per heavy atom. The van der Waals surface area contributed by atoms with Crippen LogP contribution < -0.4 is 10.4 Å². The lowest BCUT2D eigenvalue weighted by atomic mass is 10.0. The highest BCUT2D eigenvalue weighted by Gasteiger charge is 2.12. The van der Waals surface area contributed by atoms with Gasteiger partial charge in [0.25, 0.3) is 0 Å². The molecule has 0 fully saturated rings. The molecule has 0 radical (unpaired) electrons. The van der Waals surface area contributed by atoms with Crippen LogP contribution >= 0.6 is 0 Å². The van der Waals surface area contributed by atoms with Crippen molar-refractivity contribution in [1.82, 2.24) is 0 Å². The van der Waals surface area contributed by atoms with Gasteiger partial charge in [0.05, 0.1) is 6.07 Å². The third-order valence-electron chi connectivity index (χ3n) is 3.07. The van der Waals surface area contributed by atoms with E-state index in [9.17, 15) is 4.79 Å². The van der Waals surface area contributed by atoms with Crippen LogP contribution in [0.1, 0.15) is 25.0 Å². The van der Waals surface area contributed by atoms with E-state index in [4.69, 9.17) is 13.9 Å². The molecule has 1 rings (SSSR count). The lowest BCUT2D eigenvalue weighted by Crippen LogP contribution is -2.22. The maximum Gasteiger partial charge on any atom is 0.339 e. The number of hydrogen-bond acceptors (Lipinski definition) is 4. The van der Waals surface area contributed by atoms with E-state index in [1.165, 1.54) is 6.07 Å². The summed E-state index contributed by atoms with van der Waals surface area (Å²) < 4.78 is 16.1. The van der Waals surface area contributed by atoms with Crippen molar-refractivity contribution in [1.29, 1.82) is 0 Å². The van der Waals surface area contributed by atoms with E-state index >= 15 is 0 Å². The Morgan fingerprint density at radius 2 is 2.10 bits per heavy atom. The van der Waals surface area contributed by atoms with Crippen LogP contribution in [0.25, 0.3) is 0 Å². The summed E-state index contributed by atoms with van der Waals surface area (Å²) in [5.74, 6) is 1.20. The molecule has 0 aliphatic rings. The smallest absolute Gasteiger partial charge is 0.339 e. The van der Waals surface area contributed by atoms with E-state index in [0.29, 0.717) is 18.1 Å². The van der Waals surface area contributed by atoms with Gasteiger partial charge in [0.1, 0.15) is 11.5 Å². The molecule has 21 heavy (non-hydrogen) atoms. The maximum absolute atomic E-state index is 11.5. The molecule has 0 saturated heterocycles. The molecule has 118 valence electrons. The Bertz CT molecular complexity index is 502. The number of rotatable bonds is 9. The Hall–Kier alpha value is -1.33. The summed E-state index contributed by atoms with van der Waals surface area (Å²) in [5.41, 5.74) is -0.402. The van der Waals surface area contributed by atoms with Crippen molar-refractivity contribution >= 4 is 8.07 Å². The van der Waals surface area contributed by atoms with Gasteiger partial charge in [-0.1, -0.05) is 32.6 Å². The second kappa shape index (κ2) is 8.19. The summed E-state index contributed by atoms with van der Waals surface area (Å²) in [6, 6.07) is 4.18. The minimum absolute atomic E-state index is 0.103. The van der Waals surface area contributed by atoms with Gasteiger partial charge in [0, 0.05) is 26.7 Å². The summed E-state index contributed by atoms with van der Waals surface area (Å²) in [7, 11) is -1.08. The van der Waals surface area contributed by atoms with Crippen LogP contribution in [0.15, 0.2) is 34.0 Å².